The monoisotopic (exact) mass is 263 g/mol. The minimum atomic E-state index is -1.03. The average Bonchev–Trinajstić information content (AvgIpc) is 2.63. The second kappa shape index (κ2) is 6.47. The third kappa shape index (κ3) is 4.61. The van der Waals surface area contributed by atoms with Crippen LogP contribution in [0.5, 0.6) is 0 Å². The fraction of sp³-hybridized carbons (Fsp3) is 0.333. The van der Waals surface area contributed by atoms with Crippen LogP contribution in [0.2, 0.25) is 4.34 Å². The summed E-state index contributed by atoms with van der Waals surface area (Å²) >= 11 is 6.85. The molecule has 0 aliphatic rings. The summed E-state index contributed by atoms with van der Waals surface area (Å²) in [6.45, 7) is 0.0689. The normalized spacial score (nSPS) is 10.1. The summed E-state index contributed by atoms with van der Waals surface area (Å²) in [4.78, 5) is 22.0. The third-order valence-corrected chi connectivity index (χ3v) is 2.78. The summed E-state index contributed by atoms with van der Waals surface area (Å²) in [7, 11) is 0. The van der Waals surface area contributed by atoms with Gasteiger partial charge in [0.15, 0.2) is 0 Å². The summed E-state index contributed by atoms with van der Waals surface area (Å²) < 4.78 is 5.30. The molecule has 1 aromatic heterocycles. The molecule has 0 atom stereocenters. The summed E-state index contributed by atoms with van der Waals surface area (Å²) in [6, 6.07) is 3.27. The molecule has 1 amide bonds. The largest absolute Gasteiger partial charge is 0.480 e. The molecule has 0 aliphatic carbocycles. The van der Waals surface area contributed by atoms with Gasteiger partial charge in [-0.1, -0.05) is 11.6 Å². The van der Waals surface area contributed by atoms with Crippen LogP contribution >= 0.6 is 22.9 Å². The van der Waals surface area contributed by atoms with Gasteiger partial charge >= 0.3 is 5.97 Å². The molecule has 0 saturated heterocycles. The molecule has 5 nitrogen and oxygen atoms in total. The summed E-state index contributed by atoms with van der Waals surface area (Å²) in [5.74, 6) is -1.27. The molecule has 0 bridgehead atoms. The lowest BCUT2D eigenvalue weighted by molar-refractivity contribution is -0.142. The molecule has 0 spiro atoms. The van der Waals surface area contributed by atoms with Crippen LogP contribution in [-0.4, -0.2) is 36.7 Å². The van der Waals surface area contributed by atoms with Gasteiger partial charge in [0.1, 0.15) is 6.61 Å². The number of carboxylic acids is 1. The molecule has 0 fully saturated rings. The molecule has 7 heteroatoms. The zero-order chi connectivity index (χ0) is 12.0. The predicted molar refractivity (Wildman–Crippen MR) is 60.1 cm³/mol. The number of hydrogen-bond donors (Lipinski definition) is 2. The third-order valence-electron chi connectivity index (χ3n) is 1.55. The highest BCUT2D eigenvalue weighted by Crippen LogP contribution is 2.20. The second-order valence-electron chi connectivity index (χ2n) is 2.81. The van der Waals surface area contributed by atoms with Gasteiger partial charge < -0.3 is 15.2 Å². The topological polar surface area (TPSA) is 75.6 Å². The Morgan fingerprint density at radius 1 is 1.50 bits per heavy atom. The highest BCUT2D eigenvalue weighted by Gasteiger charge is 2.07. The van der Waals surface area contributed by atoms with E-state index in [0.717, 1.165) is 0 Å². The molecule has 0 radical (unpaired) electrons. The van der Waals surface area contributed by atoms with Crippen molar-refractivity contribution < 1.29 is 19.4 Å². The number of aliphatic carboxylic acids is 1. The van der Waals surface area contributed by atoms with E-state index in [4.69, 9.17) is 21.4 Å². The Bertz CT molecular complexity index is 379. The van der Waals surface area contributed by atoms with Crippen LogP contribution in [-0.2, 0) is 9.53 Å². The number of carboxylic acid groups (broad SMARTS) is 1. The van der Waals surface area contributed by atoms with Gasteiger partial charge in [0, 0.05) is 6.54 Å². The maximum Gasteiger partial charge on any atom is 0.329 e. The van der Waals surface area contributed by atoms with Crippen LogP contribution in [0.15, 0.2) is 12.1 Å². The smallest absolute Gasteiger partial charge is 0.329 e. The van der Waals surface area contributed by atoms with E-state index in [1.807, 2.05) is 0 Å². The van der Waals surface area contributed by atoms with Gasteiger partial charge in [0.05, 0.1) is 15.8 Å². The first-order valence-corrected chi connectivity index (χ1v) is 5.62. The molecule has 0 aromatic carbocycles. The Morgan fingerprint density at radius 2 is 2.25 bits per heavy atom. The van der Waals surface area contributed by atoms with Crippen LogP contribution in [0.4, 0.5) is 0 Å². The molecule has 2 N–H and O–H groups in total. The number of thiophene rings is 1. The van der Waals surface area contributed by atoms with E-state index in [2.05, 4.69) is 5.32 Å². The van der Waals surface area contributed by atoms with Gasteiger partial charge in [-0.15, -0.1) is 11.3 Å². The molecule has 1 aromatic rings. The van der Waals surface area contributed by atoms with E-state index >= 15 is 0 Å². The summed E-state index contributed by atoms with van der Waals surface area (Å²) in [5.41, 5.74) is 0. The molecule has 0 aliphatic heterocycles. The van der Waals surface area contributed by atoms with Gasteiger partial charge in [0.2, 0.25) is 0 Å². The number of carbonyl (C=O) groups excluding carboxylic acids is 1. The number of amides is 1. The van der Waals surface area contributed by atoms with Gasteiger partial charge in [-0.2, -0.15) is 0 Å². The number of rotatable bonds is 6. The number of ether oxygens (including phenoxy) is 1. The molecule has 16 heavy (non-hydrogen) atoms. The van der Waals surface area contributed by atoms with Crippen LogP contribution in [0.3, 0.4) is 0 Å². The average molecular weight is 264 g/mol. The summed E-state index contributed by atoms with van der Waals surface area (Å²) in [5, 5.41) is 10.9. The van der Waals surface area contributed by atoms with Crippen molar-refractivity contribution in [3.8, 4) is 0 Å². The molecule has 0 saturated carbocycles. The first kappa shape index (κ1) is 13.0. The predicted octanol–water partition coefficient (Wildman–Crippen LogP) is 1.23. The highest BCUT2D eigenvalue weighted by molar-refractivity contribution is 7.17. The molecular weight excluding hydrogens is 254 g/mol. The Kier molecular flexibility index (Phi) is 5.24. The number of nitrogens with one attached hydrogen (secondary N) is 1. The molecule has 88 valence electrons. The van der Waals surface area contributed by atoms with Crippen molar-refractivity contribution in [1.29, 1.82) is 0 Å². The van der Waals surface area contributed by atoms with Gasteiger partial charge in [-0.3, -0.25) is 4.79 Å². The highest BCUT2D eigenvalue weighted by atomic mass is 35.5. The van der Waals surface area contributed by atoms with Crippen LogP contribution < -0.4 is 5.32 Å². The van der Waals surface area contributed by atoms with E-state index in [-0.39, 0.29) is 25.7 Å². The fourth-order valence-corrected chi connectivity index (χ4v) is 1.88. The van der Waals surface area contributed by atoms with Crippen LogP contribution in [0.25, 0.3) is 0 Å². The fourth-order valence-electron chi connectivity index (χ4n) is 0.920. The zero-order valence-corrected chi connectivity index (χ0v) is 9.81. The van der Waals surface area contributed by atoms with E-state index in [1.54, 1.807) is 12.1 Å². The molecule has 0 unspecified atom stereocenters. The molecule has 1 heterocycles. The van der Waals surface area contributed by atoms with E-state index in [0.29, 0.717) is 9.21 Å². The van der Waals surface area contributed by atoms with E-state index < -0.39 is 5.97 Å². The van der Waals surface area contributed by atoms with Gasteiger partial charge in [0.25, 0.3) is 5.91 Å². The Labute approximate surface area is 101 Å². The minimum Gasteiger partial charge on any atom is -0.480 e. The maximum atomic E-state index is 11.4. The van der Waals surface area contributed by atoms with Crippen molar-refractivity contribution in [3.63, 3.8) is 0 Å². The molecule has 1 rings (SSSR count). The number of carbonyl (C=O) groups is 2. The lowest BCUT2D eigenvalue weighted by Gasteiger charge is -2.03. The quantitative estimate of drug-likeness (QED) is 0.757. The Morgan fingerprint density at radius 3 is 2.81 bits per heavy atom. The Hall–Kier alpha value is -1.11. The second-order valence-corrected chi connectivity index (χ2v) is 4.52. The van der Waals surface area contributed by atoms with Crippen molar-refractivity contribution >= 4 is 34.8 Å². The van der Waals surface area contributed by atoms with Crippen molar-refractivity contribution in [2.75, 3.05) is 19.8 Å². The SMILES string of the molecule is O=C(O)COCCNC(=O)c1ccc(Cl)s1. The zero-order valence-electron chi connectivity index (χ0n) is 8.23. The van der Waals surface area contributed by atoms with Crippen molar-refractivity contribution in [3.05, 3.63) is 21.3 Å². The van der Waals surface area contributed by atoms with Crippen molar-refractivity contribution in [2.45, 2.75) is 0 Å². The Balaban J connectivity index is 2.18. The van der Waals surface area contributed by atoms with Crippen LogP contribution in [0.1, 0.15) is 9.67 Å². The van der Waals surface area contributed by atoms with Crippen molar-refractivity contribution in [1.82, 2.24) is 5.32 Å². The number of hydrogen-bond acceptors (Lipinski definition) is 4. The van der Waals surface area contributed by atoms with E-state index in [9.17, 15) is 9.59 Å². The lowest BCUT2D eigenvalue weighted by atomic mass is 10.4. The summed E-state index contributed by atoms with van der Waals surface area (Å²) in [6.07, 6.45) is 0. The lowest BCUT2D eigenvalue weighted by Crippen LogP contribution is -2.27. The van der Waals surface area contributed by atoms with Gasteiger partial charge in [-0.25, -0.2) is 4.79 Å². The van der Waals surface area contributed by atoms with Crippen LogP contribution in [0, 0.1) is 0 Å². The van der Waals surface area contributed by atoms with Gasteiger partial charge in [-0.05, 0) is 12.1 Å². The standard InChI is InChI=1S/C9H10ClNO4S/c10-7-2-1-6(16-7)9(14)11-3-4-15-5-8(12)13/h1-2H,3-5H2,(H,11,14)(H,12,13). The van der Waals surface area contributed by atoms with E-state index in [1.165, 1.54) is 11.3 Å². The number of halogens is 1. The minimum absolute atomic E-state index is 0.164. The molecular formula is C9H10ClNO4S. The van der Waals surface area contributed by atoms with Crippen molar-refractivity contribution in [2.24, 2.45) is 0 Å². The first-order chi connectivity index (χ1) is 7.59. The maximum absolute atomic E-state index is 11.4. The first-order valence-electron chi connectivity index (χ1n) is 4.42.